The van der Waals surface area contributed by atoms with Crippen LogP contribution in [0.15, 0.2) is 78.0 Å². The van der Waals surface area contributed by atoms with E-state index in [0.717, 1.165) is 11.3 Å². The number of carbonyl (C=O) groups is 1. The first kappa shape index (κ1) is 24.5. The number of nitro benzene ring substituents is 1. The number of amides is 1. The Balaban J connectivity index is 1.43. The number of ether oxygens (including phenoxy) is 2. The van der Waals surface area contributed by atoms with E-state index in [4.69, 9.17) is 14.6 Å². The van der Waals surface area contributed by atoms with Crippen LogP contribution in [-0.4, -0.2) is 46.6 Å². The van der Waals surface area contributed by atoms with Gasteiger partial charge in [0.25, 0.3) is 11.6 Å². The van der Waals surface area contributed by atoms with Gasteiger partial charge < -0.3 is 14.8 Å². The Hall–Kier alpha value is -5.19. The van der Waals surface area contributed by atoms with Gasteiger partial charge in [0.15, 0.2) is 11.5 Å². The second-order valence-electron chi connectivity index (χ2n) is 8.29. The predicted molar refractivity (Wildman–Crippen MR) is 142 cm³/mol. The summed E-state index contributed by atoms with van der Waals surface area (Å²) in [6, 6.07) is 19.4. The van der Waals surface area contributed by atoms with E-state index >= 15 is 0 Å². The zero-order valence-electron chi connectivity index (χ0n) is 20.5. The summed E-state index contributed by atoms with van der Waals surface area (Å²) < 4.78 is 13.1. The molecular weight excluding hydrogens is 488 g/mol. The molecule has 5 rings (SSSR count). The number of para-hydroxylation sites is 1. The van der Waals surface area contributed by atoms with Crippen molar-refractivity contribution < 1.29 is 19.2 Å². The van der Waals surface area contributed by atoms with E-state index < -0.39 is 10.8 Å². The van der Waals surface area contributed by atoms with Crippen LogP contribution >= 0.6 is 0 Å². The molecule has 2 heterocycles. The number of fused-ring (bicyclic) bond motifs is 1. The molecule has 2 N–H and O–H groups in total. The molecule has 4 aromatic rings. The molecule has 0 aliphatic carbocycles. The Bertz CT molecular complexity index is 1520. The SMILES string of the molecule is CCNc1ccc(C(=O)NN=Cc2cn(-c3ccccc3)nc2-c2ccc3c(c2)OCCO3)cc1[N+](=O)[O-]. The highest BCUT2D eigenvalue weighted by atomic mass is 16.6. The van der Waals surface area contributed by atoms with Gasteiger partial charge in [-0.1, -0.05) is 18.2 Å². The van der Waals surface area contributed by atoms with Gasteiger partial charge in [-0.25, -0.2) is 10.1 Å². The Morgan fingerprint density at radius 1 is 1.11 bits per heavy atom. The lowest BCUT2D eigenvalue weighted by Gasteiger charge is -2.18. The molecule has 1 aliphatic rings. The summed E-state index contributed by atoms with van der Waals surface area (Å²) in [4.78, 5) is 23.6. The molecule has 3 aromatic carbocycles. The molecule has 38 heavy (non-hydrogen) atoms. The van der Waals surface area contributed by atoms with Crippen LogP contribution in [-0.2, 0) is 0 Å². The predicted octanol–water partition coefficient (Wildman–Crippen LogP) is 4.41. The van der Waals surface area contributed by atoms with E-state index in [1.807, 2.05) is 55.5 Å². The Morgan fingerprint density at radius 2 is 1.89 bits per heavy atom. The number of nitrogens with zero attached hydrogens (tertiary/aromatic N) is 4. The van der Waals surface area contributed by atoms with Gasteiger partial charge in [0, 0.05) is 35.5 Å². The van der Waals surface area contributed by atoms with Crippen LogP contribution in [0.2, 0.25) is 0 Å². The minimum Gasteiger partial charge on any atom is -0.486 e. The summed E-state index contributed by atoms with van der Waals surface area (Å²) >= 11 is 0. The standard InChI is InChI=1S/C27H24N6O5/c1-2-28-22-10-8-19(14-23(22)33(35)36)27(34)30-29-16-20-17-32(21-6-4-3-5-7-21)31-26(20)18-9-11-24-25(15-18)38-13-12-37-24/h3-11,14-17,28H,2,12-13H2,1H3,(H,30,34). The maximum Gasteiger partial charge on any atom is 0.293 e. The molecule has 1 amide bonds. The molecule has 0 saturated heterocycles. The van der Waals surface area contributed by atoms with Crippen LogP contribution in [0, 0.1) is 10.1 Å². The number of anilines is 1. The lowest BCUT2D eigenvalue weighted by atomic mass is 10.1. The fourth-order valence-corrected chi connectivity index (χ4v) is 4.00. The van der Waals surface area contributed by atoms with Crippen molar-refractivity contribution in [2.24, 2.45) is 5.10 Å². The van der Waals surface area contributed by atoms with Crippen molar-refractivity contribution in [2.45, 2.75) is 6.92 Å². The van der Waals surface area contributed by atoms with E-state index in [-0.39, 0.29) is 11.3 Å². The maximum atomic E-state index is 12.7. The van der Waals surface area contributed by atoms with Crippen molar-refractivity contribution >= 4 is 23.5 Å². The molecule has 0 radical (unpaired) electrons. The first-order valence-electron chi connectivity index (χ1n) is 11.9. The van der Waals surface area contributed by atoms with Crippen molar-refractivity contribution in [3.8, 4) is 28.4 Å². The normalized spacial score (nSPS) is 12.3. The van der Waals surface area contributed by atoms with Gasteiger partial charge in [-0.3, -0.25) is 14.9 Å². The van der Waals surface area contributed by atoms with E-state index in [1.54, 1.807) is 10.9 Å². The number of aromatic nitrogens is 2. The zero-order valence-corrected chi connectivity index (χ0v) is 20.5. The maximum absolute atomic E-state index is 12.7. The van der Waals surface area contributed by atoms with E-state index in [0.29, 0.717) is 48.2 Å². The fourth-order valence-electron chi connectivity index (χ4n) is 4.00. The molecule has 11 nitrogen and oxygen atoms in total. The number of nitro groups is 1. The average molecular weight is 513 g/mol. The van der Waals surface area contributed by atoms with Crippen LogP contribution < -0.4 is 20.2 Å². The molecule has 11 heteroatoms. The number of carbonyl (C=O) groups excluding carboxylic acids is 1. The van der Waals surface area contributed by atoms with Crippen LogP contribution in [0.5, 0.6) is 11.5 Å². The third-order valence-electron chi connectivity index (χ3n) is 5.77. The first-order valence-corrected chi connectivity index (χ1v) is 11.9. The molecule has 0 spiro atoms. The van der Waals surface area contributed by atoms with Crippen molar-refractivity contribution in [1.29, 1.82) is 0 Å². The van der Waals surface area contributed by atoms with Crippen molar-refractivity contribution in [3.05, 3.63) is 94.2 Å². The quantitative estimate of drug-likeness (QED) is 0.203. The first-order chi connectivity index (χ1) is 18.5. The number of hydrogen-bond donors (Lipinski definition) is 2. The minimum absolute atomic E-state index is 0.113. The third kappa shape index (κ3) is 5.16. The fraction of sp³-hybridized carbons (Fsp3) is 0.148. The van der Waals surface area contributed by atoms with Gasteiger partial charge in [-0.15, -0.1) is 0 Å². The van der Waals surface area contributed by atoms with Gasteiger partial charge in [0.2, 0.25) is 0 Å². The van der Waals surface area contributed by atoms with E-state index in [1.165, 1.54) is 24.4 Å². The average Bonchev–Trinajstić information content (AvgIpc) is 3.37. The highest BCUT2D eigenvalue weighted by Gasteiger charge is 2.18. The summed E-state index contributed by atoms with van der Waals surface area (Å²) in [5.74, 6) is 0.713. The van der Waals surface area contributed by atoms with E-state index in [9.17, 15) is 14.9 Å². The van der Waals surface area contributed by atoms with Gasteiger partial charge >= 0.3 is 0 Å². The highest BCUT2D eigenvalue weighted by molar-refractivity contribution is 5.97. The van der Waals surface area contributed by atoms with Crippen molar-refractivity contribution in [3.63, 3.8) is 0 Å². The number of nitrogens with one attached hydrogen (secondary N) is 2. The number of benzene rings is 3. The van der Waals surface area contributed by atoms with Crippen LogP contribution in [0.4, 0.5) is 11.4 Å². The molecule has 1 aliphatic heterocycles. The summed E-state index contributed by atoms with van der Waals surface area (Å²) in [5.41, 5.74) is 5.61. The van der Waals surface area contributed by atoms with Crippen LogP contribution in [0.1, 0.15) is 22.8 Å². The second-order valence-corrected chi connectivity index (χ2v) is 8.29. The van der Waals surface area contributed by atoms with E-state index in [2.05, 4.69) is 15.8 Å². The molecule has 1 aromatic heterocycles. The second kappa shape index (κ2) is 10.8. The van der Waals surface area contributed by atoms with Gasteiger partial charge in [0.1, 0.15) is 24.6 Å². The highest BCUT2D eigenvalue weighted by Crippen LogP contribution is 2.35. The van der Waals surface area contributed by atoms with Crippen molar-refractivity contribution in [1.82, 2.24) is 15.2 Å². The third-order valence-corrected chi connectivity index (χ3v) is 5.77. The molecule has 0 fully saturated rings. The molecular formula is C27H24N6O5. The molecule has 192 valence electrons. The van der Waals surface area contributed by atoms with Gasteiger partial charge in [-0.05, 0) is 49.4 Å². The number of hydrogen-bond acceptors (Lipinski definition) is 8. The Labute approximate surface area is 217 Å². The molecule has 0 bridgehead atoms. The summed E-state index contributed by atoms with van der Waals surface area (Å²) in [7, 11) is 0. The Kier molecular flexibility index (Phi) is 6.98. The minimum atomic E-state index is -0.580. The topological polar surface area (TPSA) is 133 Å². The number of rotatable bonds is 8. The summed E-state index contributed by atoms with van der Waals surface area (Å²) in [5, 5.41) is 23.2. The molecule has 0 saturated carbocycles. The monoisotopic (exact) mass is 512 g/mol. The van der Waals surface area contributed by atoms with Gasteiger partial charge in [-0.2, -0.15) is 10.2 Å². The smallest absolute Gasteiger partial charge is 0.293 e. The largest absolute Gasteiger partial charge is 0.486 e. The lowest BCUT2D eigenvalue weighted by Crippen LogP contribution is -2.18. The summed E-state index contributed by atoms with van der Waals surface area (Å²) in [6.07, 6.45) is 3.28. The number of hydrazone groups is 1. The molecule has 0 unspecified atom stereocenters. The Morgan fingerprint density at radius 3 is 2.66 bits per heavy atom. The van der Waals surface area contributed by atoms with Gasteiger partial charge in [0.05, 0.1) is 16.8 Å². The molecule has 0 atom stereocenters. The summed E-state index contributed by atoms with van der Waals surface area (Å²) in [6.45, 7) is 3.30. The van der Waals surface area contributed by atoms with Crippen molar-refractivity contribution in [2.75, 3.05) is 25.1 Å². The zero-order chi connectivity index (χ0) is 26.5. The van der Waals surface area contributed by atoms with Crippen LogP contribution in [0.25, 0.3) is 16.9 Å². The van der Waals surface area contributed by atoms with Crippen LogP contribution in [0.3, 0.4) is 0 Å². The lowest BCUT2D eigenvalue weighted by molar-refractivity contribution is -0.384.